The van der Waals surface area contributed by atoms with E-state index < -0.39 is 24.0 Å². The lowest BCUT2D eigenvalue weighted by atomic mass is 10.1. The molecule has 0 unspecified atom stereocenters. The van der Waals surface area contributed by atoms with Crippen molar-refractivity contribution in [1.82, 2.24) is 20.1 Å². The highest BCUT2D eigenvalue weighted by atomic mass is 19.1. The van der Waals surface area contributed by atoms with Gasteiger partial charge in [-0.1, -0.05) is 42.5 Å². The third kappa shape index (κ3) is 4.90. The molecule has 0 saturated carbocycles. The fourth-order valence-corrected chi connectivity index (χ4v) is 3.40. The molecule has 0 spiro atoms. The third-order valence-corrected chi connectivity index (χ3v) is 5.02. The van der Waals surface area contributed by atoms with E-state index >= 15 is 0 Å². The summed E-state index contributed by atoms with van der Waals surface area (Å²) in [7, 11) is 0. The highest BCUT2D eigenvalue weighted by molar-refractivity contribution is 6.05. The van der Waals surface area contributed by atoms with Crippen LogP contribution in [0.3, 0.4) is 0 Å². The van der Waals surface area contributed by atoms with Crippen LogP contribution in [0.5, 0.6) is 0 Å². The minimum absolute atomic E-state index is 0.132. The maximum atomic E-state index is 13.7. The van der Waals surface area contributed by atoms with Crippen LogP contribution in [0.25, 0.3) is 22.3 Å². The summed E-state index contributed by atoms with van der Waals surface area (Å²) in [4.78, 5) is 40.6. The number of hydrogen-bond acceptors (Lipinski definition) is 6. The van der Waals surface area contributed by atoms with Gasteiger partial charge in [0.15, 0.2) is 11.8 Å². The van der Waals surface area contributed by atoms with Gasteiger partial charge in [0.05, 0.1) is 29.4 Å². The fourth-order valence-electron chi connectivity index (χ4n) is 3.40. The quantitative estimate of drug-likeness (QED) is 0.425. The smallest absolute Gasteiger partial charge is 0.339 e. The number of nitrogens with zero attached hydrogens (tertiary/aromatic N) is 3. The number of urea groups is 1. The number of rotatable bonds is 6. The molecule has 2 aromatic carbocycles. The number of carbonyl (C=O) groups excluding carboxylic acids is 3. The van der Waals surface area contributed by atoms with Crippen LogP contribution in [0.2, 0.25) is 0 Å². The number of benzene rings is 2. The summed E-state index contributed by atoms with van der Waals surface area (Å²) in [6.07, 6.45) is 0.187. The van der Waals surface area contributed by atoms with Gasteiger partial charge >= 0.3 is 12.0 Å². The third-order valence-electron chi connectivity index (χ3n) is 5.02. The zero-order valence-electron chi connectivity index (χ0n) is 18.1. The van der Waals surface area contributed by atoms with E-state index in [1.165, 1.54) is 25.3 Å². The van der Waals surface area contributed by atoms with E-state index in [0.29, 0.717) is 22.3 Å². The summed E-state index contributed by atoms with van der Waals surface area (Å²) < 4.78 is 20.5. The van der Waals surface area contributed by atoms with Crippen LogP contribution in [-0.4, -0.2) is 38.8 Å². The largest absolute Gasteiger partial charge is 0.449 e. The predicted molar refractivity (Wildman–Crippen MR) is 121 cm³/mol. The molecule has 0 saturated heterocycles. The Bertz CT molecular complexity index is 1390. The molecule has 4 rings (SSSR count). The monoisotopic (exact) mass is 461 g/mol. The van der Waals surface area contributed by atoms with E-state index in [2.05, 4.69) is 10.1 Å². The SMILES string of the molecule is C[C@H](OC(=O)c1cc(-c2ccccc2)nc2c1cnn2Cc1cccc(F)c1)C(=O)NC(N)=O. The topological polar surface area (TPSA) is 129 Å². The fraction of sp³-hybridized carbons (Fsp3) is 0.125. The summed E-state index contributed by atoms with van der Waals surface area (Å²) in [6.45, 7) is 1.54. The molecule has 3 amide bonds. The number of ether oxygens (including phenoxy) is 1. The summed E-state index contributed by atoms with van der Waals surface area (Å²) >= 11 is 0. The molecule has 0 aliphatic carbocycles. The Hall–Kier alpha value is -4.60. The van der Waals surface area contributed by atoms with Crippen LogP contribution < -0.4 is 11.1 Å². The summed E-state index contributed by atoms with van der Waals surface area (Å²) in [6, 6.07) is 15.8. The summed E-state index contributed by atoms with van der Waals surface area (Å²) in [5, 5.41) is 6.60. The molecule has 2 heterocycles. The van der Waals surface area contributed by atoms with Gasteiger partial charge in [-0.2, -0.15) is 5.10 Å². The molecule has 4 aromatic rings. The first-order chi connectivity index (χ1) is 16.3. The van der Waals surface area contributed by atoms with E-state index in [4.69, 9.17) is 10.5 Å². The summed E-state index contributed by atoms with van der Waals surface area (Å²) in [5.74, 6) is -2.03. The maximum Gasteiger partial charge on any atom is 0.339 e. The highest BCUT2D eigenvalue weighted by Gasteiger charge is 2.24. The molecular formula is C24H20FN5O4. The van der Waals surface area contributed by atoms with Crippen molar-refractivity contribution < 1.29 is 23.5 Å². The maximum absolute atomic E-state index is 13.7. The van der Waals surface area contributed by atoms with Gasteiger partial charge in [-0.25, -0.2) is 23.6 Å². The molecule has 3 N–H and O–H groups in total. The van der Waals surface area contributed by atoms with Crippen molar-refractivity contribution in [1.29, 1.82) is 0 Å². The van der Waals surface area contributed by atoms with Crippen molar-refractivity contribution in [2.45, 2.75) is 19.6 Å². The first kappa shape index (κ1) is 22.6. The first-order valence-corrected chi connectivity index (χ1v) is 10.3. The molecule has 10 heteroatoms. The van der Waals surface area contributed by atoms with Gasteiger partial charge in [-0.15, -0.1) is 0 Å². The Labute approximate surface area is 193 Å². The van der Waals surface area contributed by atoms with Gasteiger partial charge in [0.1, 0.15) is 5.82 Å². The number of carbonyl (C=O) groups is 3. The second kappa shape index (κ2) is 9.49. The molecule has 0 bridgehead atoms. The van der Waals surface area contributed by atoms with Crippen molar-refractivity contribution in [2.75, 3.05) is 0 Å². The zero-order chi connectivity index (χ0) is 24.2. The number of nitrogens with two attached hydrogens (primary N) is 1. The molecule has 2 aromatic heterocycles. The number of aromatic nitrogens is 3. The number of imide groups is 1. The van der Waals surface area contributed by atoms with Crippen LogP contribution in [0.1, 0.15) is 22.8 Å². The van der Waals surface area contributed by atoms with Crippen molar-refractivity contribution in [2.24, 2.45) is 5.73 Å². The predicted octanol–water partition coefficient (Wildman–Crippen LogP) is 3.03. The number of halogens is 1. The number of amides is 3. The number of pyridine rings is 1. The Morgan fingerprint density at radius 1 is 1.12 bits per heavy atom. The normalized spacial score (nSPS) is 11.7. The van der Waals surface area contributed by atoms with Gasteiger partial charge in [0, 0.05) is 5.56 Å². The average molecular weight is 461 g/mol. The Morgan fingerprint density at radius 2 is 1.88 bits per heavy atom. The second-order valence-electron chi connectivity index (χ2n) is 7.49. The number of esters is 1. The second-order valence-corrected chi connectivity index (χ2v) is 7.49. The van der Waals surface area contributed by atoms with Gasteiger partial charge in [0.25, 0.3) is 5.91 Å². The number of primary amides is 1. The van der Waals surface area contributed by atoms with Crippen LogP contribution in [-0.2, 0) is 16.1 Å². The van der Waals surface area contributed by atoms with Crippen molar-refractivity contribution in [3.05, 3.63) is 83.8 Å². The minimum atomic E-state index is -1.27. The van der Waals surface area contributed by atoms with Crippen LogP contribution in [0.4, 0.5) is 9.18 Å². The minimum Gasteiger partial charge on any atom is -0.449 e. The van der Waals surface area contributed by atoms with Crippen molar-refractivity contribution >= 4 is 28.9 Å². The zero-order valence-corrected chi connectivity index (χ0v) is 18.1. The molecule has 0 aliphatic heterocycles. The Kier molecular flexibility index (Phi) is 6.30. The molecule has 9 nitrogen and oxygen atoms in total. The molecule has 172 valence electrons. The molecule has 0 aliphatic rings. The van der Waals surface area contributed by atoms with Crippen molar-refractivity contribution in [3.63, 3.8) is 0 Å². The molecule has 34 heavy (non-hydrogen) atoms. The van der Waals surface area contributed by atoms with Crippen LogP contribution in [0.15, 0.2) is 66.9 Å². The summed E-state index contributed by atoms with van der Waals surface area (Å²) in [5.41, 5.74) is 7.36. The van der Waals surface area contributed by atoms with Crippen molar-refractivity contribution in [3.8, 4) is 11.3 Å². The van der Waals surface area contributed by atoms with E-state index in [0.717, 1.165) is 5.56 Å². The molecule has 0 radical (unpaired) electrons. The lowest BCUT2D eigenvalue weighted by Gasteiger charge is -2.13. The van der Waals surface area contributed by atoms with Gasteiger partial charge < -0.3 is 10.5 Å². The molecule has 0 fully saturated rings. The lowest BCUT2D eigenvalue weighted by molar-refractivity contribution is -0.127. The van der Waals surface area contributed by atoms with Gasteiger partial charge in [0.2, 0.25) is 0 Å². The van der Waals surface area contributed by atoms with Crippen LogP contribution >= 0.6 is 0 Å². The van der Waals surface area contributed by atoms with Gasteiger partial charge in [-0.3, -0.25) is 10.1 Å². The Morgan fingerprint density at radius 3 is 2.59 bits per heavy atom. The molecular weight excluding hydrogens is 441 g/mol. The number of fused-ring (bicyclic) bond motifs is 1. The van der Waals surface area contributed by atoms with Gasteiger partial charge in [-0.05, 0) is 30.7 Å². The number of hydrogen-bond donors (Lipinski definition) is 2. The standard InChI is InChI=1S/C24H20FN5O4/c1-14(22(31)29-24(26)33)34-23(32)18-11-20(16-7-3-2-4-8-16)28-21-19(18)12-27-30(21)13-15-6-5-9-17(25)10-15/h2-12,14H,13H2,1H3,(H3,26,29,31,33)/t14-/m0/s1. The highest BCUT2D eigenvalue weighted by Crippen LogP contribution is 2.26. The van der Waals surface area contributed by atoms with E-state index in [1.54, 1.807) is 22.9 Å². The average Bonchev–Trinajstić information content (AvgIpc) is 3.21. The van der Waals surface area contributed by atoms with E-state index in [-0.39, 0.29) is 17.9 Å². The lowest BCUT2D eigenvalue weighted by Crippen LogP contribution is -2.42. The molecule has 1 atom stereocenters. The number of nitrogens with one attached hydrogen (secondary N) is 1. The van der Waals surface area contributed by atoms with E-state index in [9.17, 15) is 18.8 Å². The Balaban J connectivity index is 1.76. The first-order valence-electron chi connectivity index (χ1n) is 10.3. The van der Waals surface area contributed by atoms with Crippen LogP contribution in [0, 0.1) is 5.82 Å². The van der Waals surface area contributed by atoms with E-state index in [1.807, 2.05) is 35.6 Å².